The minimum absolute atomic E-state index is 0.0119. The summed E-state index contributed by atoms with van der Waals surface area (Å²) in [7, 11) is -3.61. The van der Waals surface area contributed by atoms with Crippen LogP contribution in [-0.4, -0.2) is 29.2 Å². The van der Waals surface area contributed by atoms with Gasteiger partial charge in [-0.05, 0) is 58.1 Å². The van der Waals surface area contributed by atoms with Crippen molar-refractivity contribution in [1.29, 1.82) is 0 Å². The first kappa shape index (κ1) is 31.9. The van der Waals surface area contributed by atoms with Crippen molar-refractivity contribution < 1.29 is 23.0 Å². The molecule has 0 aliphatic carbocycles. The van der Waals surface area contributed by atoms with Gasteiger partial charge in [0.15, 0.2) is 6.29 Å². The Balaban J connectivity index is 1.11. The molecule has 2 heterocycles. The van der Waals surface area contributed by atoms with Crippen molar-refractivity contribution in [2.45, 2.75) is 50.0 Å². The van der Waals surface area contributed by atoms with Crippen LogP contribution in [0.3, 0.4) is 0 Å². The number of ether oxygens (including phenoxy) is 2. The molecule has 8 nitrogen and oxygen atoms in total. The van der Waals surface area contributed by atoms with Crippen LogP contribution in [0.1, 0.15) is 41.6 Å². The number of sulfonamides is 1. The first-order chi connectivity index (χ1) is 23.4. The molecule has 1 aliphatic rings. The summed E-state index contributed by atoms with van der Waals surface area (Å²) in [4.78, 5) is 4.82. The van der Waals surface area contributed by atoms with Crippen molar-refractivity contribution in [3.05, 3.63) is 156 Å². The van der Waals surface area contributed by atoms with Crippen LogP contribution < -0.4 is 4.72 Å². The van der Waals surface area contributed by atoms with E-state index in [0.29, 0.717) is 6.54 Å². The summed E-state index contributed by atoms with van der Waals surface area (Å²) in [6, 6.07) is 40.3. The molecule has 0 amide bonds. The number of nitrogens with one attached hydrogen (secondary N) is 1. The third-order valence-electron chi connectivity index (χ3n) is 8.99. The molecule has 6 aromatic rings. The Morgan fingerprint density at radius 1 is 0.771 bits per heavy atom. The van der Waals surface area contributed by atoms with E-state index in [2.05, 4.69) is 27.3 Å². The highest BCUT2D eigenvalue weighted by atomic mass is 32.2. The number of para-hydroxylation sites is 2. The Hall–Kier alpha value is -4.64. The maximum absolute atomic E-state index is 12.7. The number of aliphatic hydroxyl groups is 1. The van der Waals surface area contributed by atoms with Gasteiger partial charge >= 0.3 is 0 Å². The molecule has 0 radical (unpaired) electrons. The Morgan fingerprint density at radius 2 is 1.50 bits per heavy atom. The monoisotopic (exact) mass is 659 g/mol. The Labute approximate surface area is 280 Å². The maximum atomic E-state index is 12.7. The van der Waals surface area contributed by atoms with Gasteiger partial charge in [-0.3, -0.25) is 0 Å². The largest absolute Gasteiger partial charge is 0.392 e. The van der Waals surface area contributed by atoms with Crippen LogP contribution in [0.15, 0.2) is 139 Å². The van der Waals surface area contributed by atoms with Crippen molar-refractivity contribution in [1.82, 2.24) is 14.3 Å². The normalized spacial score (nSPS) is 19.8. The van der Waals surface area contributed by atoms with E-state index in [0.717, 1.165) is 44.4 Å². The van der Waals surface area contributed by atoms with Gasteiger partial charge in [0.1, 0.15) is 0 Å². The zero-order valence-electron chi connectivity index (χ0n) is 26.5. The van der Waals surface area contributed by atoms with Crippen LogP contribution in [0.4, 0.5) is 0 Å². The fraction of sp³-hybridized carbons (Fsp3) is 0.205. The van der Waals surface area contributed by atoms with E-state index >= 15 is 0 Å². The number of aliphatic hydroxyl groups excluding tert-OH is 1. The molecule has 48 heavy (non-hydrogen) atoms. The first-order valence-electron chi connectivity index (χ1n) is 16.0. The van der Waals surface area contributed by atoms with Gasteiger partial charge in [-0.15, -0.1) is 0 Å². The molecule has 0 unspecified atom stereocenters. The lowest BCUT2D eigenvalue weighted by atomic mass is 9.90. The van der Waals surface area contributed by atoms with E-state index < -0.39 is 16.3 Å². The van der Waals surface area contributed by atoms with Gasteiger partial charge in [-0.25, -0.2) is 18.1 Å². The Kier molecular flexibility index (Phi) is 9.21. The van der Waals surface area contributed by atoms with E-state index in [4.69, 9.17) is 9.47 Å². The van der Waals surface area contributed by atoms with Crippen molar-refractivity contribution in [3.8, 4) is 11.1 Å². The molecule has 7 rings (SSSR count). The van der Waals surface area contributed by atoms with Gasteiger partial charge in [0.2, 0.25) is 10.0 Å². The van der Waals surface area contributed by atoms with Crippen LogP contribution in [0.25, 0.3) is 22.2 Å². The summed E-state index contributed by atoms with van der Waals surface area (Å²) in [5.41, 5.74) is 7.60. The van der Waals surface area contributed by atoms with Crippen LogP contribution in [0.5, 0.6) is 0 Å². The van der Waals surface area contributed by atoms with Crippen LogP contribution >= 0.6 is 0 Å². The van der Waals surface area contributed by atoms with E-state index in [1.165, 1.54) is 0 Å². The van der Waals surface area contributed by atoms with Gasteiger partial charge in [0.25, 0.3) is 0 Å². The average Bonchev–Trinajstić information content (AvgIpc) is 3.55. The molecule has 2 N–H and O–H groups in total. The highest BCUT2D eigenvalue weighted by Gasteiger charge is 2.38. The van der Waals surface area contributed by atoms with Crippen molar-refractivity contribution in [2.75, 3.05) is 0 Å². The fourth-order valence-corrected chi connectivity index (χ4v) is 7.27. The van der Waals surface area contributed by atoms with Crippen molar-refractivity contribution in [2.24, 2.45) is 5.92 Å². The molecule has 0 saturated carbocycles. The lowest BCUT2D eigenvalue weighted by molar-refractivity contribution is -0.276. The van der Waals surface area contributed by atoms with Gasteiger partial charge in [-0.2, -0.15) is 0 Å². The van der Waals surface area contributed by atoms with E-state index in [9.17, 15) is 13.5 Å². The number of nitrogens with zero attached hydrogens (tertiary/aromatic N) is 2. The highest BCUT2D eigenvalue weighted by Crippen LogP contribution is 2.42. The average molecular weight is 660 g/mol. The third-order valence-corrected chi connectivity index (χ3v) is 10.4. The molecule has 4 atom stereocenters. The molecule has 1 fully saturated rings. The molecular formula is C39H37N3O5S. The minimum atomic E-state index is -3.61. The van der Waals surface area contributed by atoms with Gasteiger partial charge in [0.05, 0.1) is 47.6 Å². The number of aromatic nitrogens is 2. The van der Waals surface area contributed by atoms with Crippen LogP contribution in [-0.2, 0) is 39.2 Å². The summed E-state index contributed by atoms with van der Waals surface area (Å²) in [6.07, 6.45) is 0.870. The first-order valence-corrected chi connectivity index (χ1v) is 17.5. The zero-order chi connectivity index (χ0) is 33.1. The van der Waals surface area contributed by atoms with E-state index in [1.807, 2.05) is 97.3 Å². The van der Waals surface area contributed by atoms with Crippen LogP contribution in [0.2, 0.25) is 0 Å². The lowest BCUT2D eigenvalue weighted by Crippen LogP contribution is -2.39. The van der Waals surface area contributed by atoms with Crippen molar-refractivity contribution in [3.63, 3.8) is 0 Å². The van der Waals surface area contributed by atoms with Gasteiger partial charge in [0, 0.05) is 18.0 Å². The second-order valence-electron chi connectivity index (χ2n) is 12.2. The molecular weight excluding hydrogens is 623 g/mol. The molecule has 5 aromatic carbocycles. The molecule has 0 bridgehead atoms. The Morgan fingerprint density at radius 3 is 2.27 bits per heavy atom. The number of benzene rings is 5. The zero-order valence-corrected chi connectivity index (χ0v) is 27.3. The summed E-state index contributed by atoms with van der Waals surface area (Å²) >= 11 is 0. The number of hydrogen-bond acceptors (Lipinski definition) is 6. The molecule has 1 aromatic heterocycles. The van der Waals surface area contributed by atoms with Gasteiger partial charge in [-0.1, -0.05) is 104 Å². The predicted molar refractivity (Wildman–Crippen MR) is 185 cm³/mol. The smallest absolute Gasteiger partial charge is 0.240 e. The second-order valence-corrected chi connectivity index (χ2v) is 13.9. The standard InChI is InChI=1S/C39H37N3O5S/c1-27-37(24-42-26-40-35-12-5-6-13-36(35)42)46-39(47-38(27)31-16-14-28(25-43)15-17-31)32-20-18-30(19-21-32)33-9-7-8-29(22-33)23-41-48(44,45)34-10-3-2-4-11-34/h2-22,26-27,37-39,41,43H,23-25H2,1H3/t27-,37+,38+,39+/m1/s1. The SMILES string of the molecule is C[C@@H]1[C@H](Cn2cnc3ccccc32)O[C@H](c2ccc(-c3cccc(CNS(=O)(=O)c4ccccc4)c3)cc2)O[C@@H]1c1ccc(CO)cc1. The maximum Gasteiger partial charge on any atom is 0.240 e. The summed E-state index contributed by atoms with van der Waals surface area (Å²) in [6.45, 7) is 2.94. The van der Waals surface area contributed by atoms with Crippen LogP contribution in [0, 0.1) is 5.92 Å². The Bertz CT molecular complexity index is 2100. The summed E-state index contributed by atoms with van der Waals surface area (Å²) < 4.78 is 43.7. The van der Waals surface area contributed by atoms with Gasteiger partial charge < -0.3 is 19.1 Å². The predicted octanol–water partition coefficient (Wildman–Crippen LogP) is 7.17. The molecule has 244 valence electrons. The highest BCUT2D eigenvalue weighted by molar-refractivity contribution is 7.89. The number of rotatable bonds is 10. The van der Waals surface area contributed by atoms with Crippen molar-refractivity contribution >= 4 is 21.1 Å². The van der Waals surface area contributed by atoms with E-state index in [1.54, 1.807) is 30.3 Å². The quantitative estimate of drug-likeness (QED) is 0.162. The van der Waals surface area contributed by atoms with E-state index in [-0.39, 0.29) is 36.2 Å². The molecule has 0 spiro atoms. The fourth-order valence-electron chi connectivity index (χ4n) is 6.23. The molecule has 1 aliphatic heterocycles. The molecule has 9 heteroatoms. The number of hydrogen-bond donors (Lipinski definition) is 2. The summed E-state index contributed by atoms with van der Waals surface area (Å²) in [5, 5.41) is 9.59. The molecule has 1 saturated heterocycles. The summed E-state index contributed by atoms with van der Waals surface area (Å²) in [5.74, 6) is 0.0312. The number of fused-ring (bicyclic) bond motifs is 1. The number of imidazole rings is 1. The topological polar surface area (TPSA) is 103 Å². The third kappa shape index (κ3) is 6.82. The lowest BCUT2D eigenvalue weighted by Gasteiger charge is -2.41. The second kappa shape index (κ2) is 13.8. The minimum Gasteiger partial charge on any atom is -0.392 e.